The van der Waals surface area contributed by atoms with Gasteiger partial charge in [0.25, 0.3) is 0 Å². The monoisotopic (exact) mass is 1040 g/mol. The maximum absolute atomic E-state index is 12.9. The Bertz CT molecular complexity index is 1400. The maximum atomic E-state index is 12.9. The highest BCUT2D eigenvalue weighted by atomic mass is 31.2. The van der Waals surface area contributed by atoms with Gasteiger partial charge in [-0.05, 0) is 57.8 Å². The third-order valence-corrected chi connectivity index (χ3v) is 13.7. The lowest BCUT2D eigenvalue weighted by atomic mass is 10.0. The number of esters is 3. The molecule has 0 heterocycles. The molecule has 420 valence electrons. The lowest BCUT2D eigenvalue weighted by Gasteiger charge is -2.21. The largest absolute Gasteiger partial charge is 0.472 e. The Morgan fingerprint density at radius 1 is 0.403 bits per heavy atom. The average Bonchev–Trinajstić information content (AvgIpc) is 3.37. The minimum atomic E-state index is -4.75. The first-order valence-corrected chi connectivity index (χ1v) is 31.0. The van der Waals surface area contributed by atoms with E-state index in [1.54, 1.807) is 0 Å². The third kappa shape index (κ3) is 52.3. The van der Waals surface area contributed by atoms with Crippen molar-refractivity contribution in [3.63, 3.8) is 0 Å². The number of carbonyl (C=O) groups excluding carboxylic acids is 3. The molecule has 0 radical (unpaired) electrons. The van der Waals surface area contributed by atoms with E-state index in [9.17, 15) is 28.9 Å². The zero-order valence-corrected chi connectivity index (χ0v) is 47.3. The summed E-state index contributed by atoms with van der Waals surface area (Å²) in [6.07, 6.45) is 58.0. The fourth-order valence-electron chi connectivity index (χ4n) is 8.29. The molecule has 0 fully saturated rings. The minimum Gasteiger partial charge on any atom is -0.462 e. The highest BCUT2D eigenvalue weighted by Gasteiger charge is 2.28. The van der Waals surface area contributed by atoms with Crippen molar-refractivity contribution in [3.05, 3.63) is 48.6 Å². The first-order valence-electron chi connectivity index (χ1n) is 29.5. The Hall–Kier alpha value is -2.56. The SMILES string of the molecule is CC/C=C\C/C=C\C/C=C\C/C=C\CCCCC(=O)OC(COC(=O)CCCCCCCCCCCCCCCCCCCCC)COP(=O)(O)OCC(CO)OC(=O)CCCCCCCCCCCCC. The fraction of sp³-hybridized carbons (Fsp3) is 0.817. The summed E-state index contributed by atoms with van der Waals surface area (Å²) in [6, 6.07) is 0. The topological polar surface area (TPSA) is 155 Å². The Labute approximate surface area is 441 Å². The van der Waals surface area contributed by atoms with E-state index in [1.807, 2.05) is 0 Å². The van der Waals surface area contributed by atoms with Crippen LogP contribution in [0.4, 0.5) is 0 Å². The summed E-state index contributed by atoms with van der Waals surface area (Å²) in [5, 5.41) is 9.79. The Morgan fingerprint density at radius 2 is 0.722 bits per heavy atom. The fourth-order valence-corrected chi connectivity index (χ4v) is 9.07. The van der Waals surface area contributed by atoms with Crippen LogP contribution in [0.25, 0.3) is 0 Å². The molecule has 12 heteroatoms. The van der Waals surface area contributed by atoms with Crippen molar-refractivity contribution >= 4 is 25.7 Å². The van der Waals surface area contributed by atoms with E-state index in [1.165, 1.54) is 141 Å². The smallest absolute Gasteiger partial charge is 0.462 e. The number of carbonyl (C=O) groups is 3. The molecular weight excluding hydrogens is 928 g/mol. The van der Waals surface area contributed by atoms with E-state index >= 15 is 0 Å². The van der Waals surface area contributed by atoms with Crippen LogP contribution in [0, 0.1) is 0 Å². The highest BCUT2D eigenvalue weighted by molar-refractivity contribution is 7.47. The number of aliphatic hydroxyl groups excluding tert-OH is 1. The van der Waals surface area contributed by atoms with Crippen molar-refractivity contribution in [1.82, 2.24) is 0 Å². The summed E-state index contributed by atoms with van der Waals surface area (Å²) in [7, 11) is -4.75. The molecule has 0 aliphatic rings. The molecule has 2 N–H and O–H groups in total. The van der Waals surface area contributed by atoms with Crippen LogP contribution in [-0.2, 0) is 42.2 Å². The molecule has 3 atom stereocenters. The van der Waals surface area contributed by atoms with Gasteiger partial charge in [0.05, 0.1) is 19.8 Å². The number of hydrogen-bond donors (Lipinski definition) is 2. The summed E-state index contributed by atoms with van der Waals surface area (Å²) in [6.45, 7) is 4.51. The van der Waals surface area contributed by atoms with Crippen molar-refractivity contribution in [2.45, 2.75) is 290 Å². The molecule has 0 aromatic heterocycles. The van der Waals surface area contributed by atoms with Crippen molar-refractivity contribution in [2.75, 3.05) is 26.4 Å². The van der Waals surface area contributed by atoms with Gasteiger partial charge in [-0.2, -0.15) is 0 Å². The van der Waals surface area contributed by atoms with Crippen LogP contribution < -0.4 is 0 Å². The third-order valence-electron chi connectivity index (χ3n) is 12.8. The van der Waals surface area contributed by atoms with Crippen molar-refractivity contribution in [3.8, 4) is 0 Å². The molecule has 0 saturated heterocycles. The molecule has 0 rings (SSSR count). The van der Waals surface area contributed by atoms with E-state index in [2.05, 4.69) is 69.4 Å². The zero-order valence-electron chi connectivity index (χ0n) is 46.4. The van der Waals surface area contributed by atoms with Gasteiger partial charge in [0.15, 0.2) is 6.10 Å². The summed E-state index contributed by atoms with van der Waals surface area (Å²) in [5.74, 6) is -1.50. The zero-order chi connectivity index (χ0) is 52.7. The Balaban J connectivity index is 4.71. The number of hydrogen-bond acceptors (Lipinski definition) is 10. The predicted molar refractivity (Wildman–Crippen MR) is 298 cm³/mol. The first kappa shape index (κ1) is 69.4. The average molecular weight is 1040 g/mol. The number of ether oxygens (including phenoxy) is 3. The number of rotatable bonds is 55. The Kier molecular flexibility index (Phi) is 52.7. The second-order valence-electron chi connectivity index (χ2n) is 19.8. The molecule has 0 aliphatic heterocycles. The molecule has 0 saturated carbocycles. The van der Waals surface area contributed by atoms with E-state index in [4.69, 9.17) is 23.3 Å². The number of phosphoric acid groups is 1. The van der Waals surface area contributed by atoms with Crippen LogP contribution in [0.15, 0.2) is 48.6 Å². The van der Waals surface area contributed by atoms with Gasteiger partial charge in [-0.25, -0.2) is 4.57 Å². The lowest BCUT2D eigenvalue weighted by Crippen LogP contribution is -2.30. The first-order chi connectivity index (χ1) is 35.2. The number of allylic oxidation sites excluding steroid dienone is 8. The molecule has 0 amide bonds. The highest BCUT2D eigenvalue weighted by Crippen LogP contribution is 2.43. The second-order valence-corrected chi connectivity index (χ2v) is 21.2. The van der Waals surface area contributed by atoms with Gasteiger partial charge < -0.3 is 24.2 Å². The van der Waals surface area contributed by atoms with Gasteiger partial charge in [0.2, 0.25) is 0 Å². The molecule has 0 bridgehead atoms. The molecular formula is C60H109O11P. The molecule has 0 aromatic rings. The van der Waals surface area contributed by atoms with Crippen LogP contribution >= 0.6 is 7.82 Å². The van der Waals surface area contributed by atoms with Gasteiger partial charge in [0.1, 0.15) is 12.7 Å². The van der Waals surface area contributed by atoms with Crippen LogP contribution in [0.2, 0.25) is 0 Å². The van der Waals surface area contributed by atoms with Gasteiger partial charge in [-0.15, -0.1) is 0 Å². The number of aliphatic hydroxyl groups is 1. The molecule has 0 aliphatic carbocycles. The van der Waals surface area contributed by atoms with Crippen molar-refractivity contribution in [1.29, 1.82) is 0 Å². The van der Waals surface area contributed by atoms with Crippen LogP contribution in [0.1, 0.15) is 278 Å². The molecule has 0 spiro atoms. The summed E-state index contributed by atoms with van der Waals surface area (Å²) in [5.41, 5.74) is 0. The summed E-state index contributed by atoms with van der Waals surface area (Å²) < 4.78 is 39.5. The lowest BCUT2D eigenvalue weighted by molar-refractivity contribution is -0.161. The number of phosphoric ester groups is 1. The molecule has 3 unspecified atom stereocenters. The Morgan fingerprint density at radius 3 is 1.11 bits per heavy atom. The van der Waals surface area contributed by atoms with Crippen LogP contribution in [-0.4, -0.2) is 66.5 Å². The summed E-state index contributed by atoms with van der Waals surface area (Å²) >= 11 is 0. The second kappa shape index (κ2) is 54.7. The molecule has 0 aromatic carbocycles. The minimum absolute atomic E-state index is 0.118. The van der Waals surface area contributed by atoms with Crippen LogP contribution in [0.5, 0.6) is 0 Å². The summed E-state index contributed by atoms with van der Waals surface area (Å²) in [4.78, 5) is 48.5. The van der Waals surface area contributed by atoms with Crippen LogP contribution in [0.3, 0.4) is 0 Å². The van der Waals surface area contributed by atoms with E-state index in [-0.39, 0.29) is 25.9 Å². The quantitative estimate of drug-likeness (QED) is 0.0197. The standard InChI is InChI=1S/C60H109O11P/c1-4-7-10-13-16-19-22-24-26-27-28-29-31-32-35-37-40-43-46-49-58(62)67-53-57(71-60(64)51-48-45-42-39-36-33-30-25-23-20-17-14-11-8-5-2)55-69-72(65,66)68-54-56(52-61)70-59(63)50-47-44-41-38-34-21-18-15-12-9-6-3/h8,11,17,20,25,30,36,39,56-57,61H,4-7,9-10,12-16,18-19,21-24,26-29,31-35,37-38,40-55H2,1-3H3,(H,65,66)/b11-8-,20-17-,30-25-,39-36-. The number of unbranched alkanes of at least 4 members (excludes halogenated alkanes) is 30. The van der Waals surface area contributed by atoms with E-state index in [0.29, 0.717) is 19.3 Å². The molecule has 11 nitrogen and oxygen atoms in total. The normalized spacial score (nSPS) is 13.7. The predicted octanol–water partition coefficient (Wildman–Crippen LogP) is 17.4. The van der Waals surface area contributed by atoms with Gasteiger partial charge in [0, 0.05) is 19.3 Å². The van der Waals surface area contributed by atoms with Gasteiger partial charge in [-0.3, -0.25) is 23.4 Å². The van der Waals surface area contributed by atoms with Gasteiger partial charge in [-0.1, -0.05) is 249 Å². The van der Waals surface area contributed by atoms with Crippen molar-refractivity contribution < 1.29 is 52.2 Å². The molecule has 72 heavy (non-hydrogen) atoms. The van der Waals surface area contributed by atoms with E-state index in [0.717, 1.165) is 77.0 Å². The van der Waals surface area contributed by atoms with Crippen molar-refractivity contribution in [2.24, 2.45) is 0 Å². The van der Waals surface area contributed by atoms with Gasteiger partial charge >= 0.3 is 25.7 Å². The maximum Gasteiger partial charge on any atom is 0.472 e. The van der Waals surface area contributed by atoms with E-state index < -0.39 is 57.8 Å².